The highest BCUT2D eigenvalue weighted by atomic mass is 16.5. The maximum atomic E-state index is 13.2. The van der Waals surface area contributed by atoms with Crippen LogP contribution >= 0.6 is 0 Å². The standard InChI is InChI=1S/C21H20N2O2/c1-25-19-13-7-6-12-18(19)23-21(24)20-14-8-2-4-10-16(14)22-17-11-5-3-9-15(17)20/h2,4,6-8,10,12-13H,3,5,9,11H2,1H3,(H,23,24). The summed E-state index contributed by atoms with van der Waals surface area (Å²) in [7, 11) is 1.61. The molecule has 4 rings (SSSR count). The van der Waals surface area contributed by atoms with Crippen LogP contribution in [-0.4, -0.2) is 18.0 Å². The Morgan fingerprint density at radius 2 is 1.80 bits per heavy atom. The highest BCUT2D eigenvalue weighted by Crippen LogP contribution is 2.31. The third kappa shape index (κ3) is 2.84. The van der Waals surface area contributed by atoms with Crippen molar-refractivity contribution in [3.63, 3.8) is 0 Å². The number of rotatable bonds is 3. The minimum atomic E-state index is -0.0961. The van der Waals surface area contributed by atoms with Crippen molar-refractivity contribution in [2.75, 3.05) is 12.4 Å². The Labute approximate surface area is 146 Å². The molecule has 0 saturated carbocycles. The Bertz CT molecular complexity index is 950. The van der Waals surface area contributed by atoms with E-state index in [1.54, 1.807) is 7.11 Å². The van der Waals surface area contributed by atoms with Gasteiger partial charge in [-0.2, -0.15) is 0 Å². The first-order valence-electron chi connectivity index (χ1n) is 8.63. The number of benzene rings is 2. The fourth-order valence-electron chi connectivity index (χ4n) is 3.56. The van der Waals surface area contributed by atoms with E-state index in [4.69, 9.17) is 9.72 Å². The number of hydrogen-bond acceptors (Lipinski definition) is 3. The highest BCUT2D eigenvalue weighted by Gasteiger charge is 2.23. The first-order chi connectivity index (χ1) is 12.3. The third-order valence-corrected chi connectivity index (χ3v) is 4.75. The zero-order valence-electron chi connectivity index (χ0n) is 14.2. The average molecular weight is 332 g/mol. The second kappa shape index (κ2) is 6.55. The molecule has 0 aliphatic heterocycles. The van der Waals surface area contributed by atoms with Gasteiger partial charge in [0.2, 0.25) is 0 Å². The molecule has 126 valence electrons. The average Bonchev–Trinajstić information content (AvgIpc) is 2.66. The van der Waals surface area contributed by atoms with E-state index in [9.17, 15) is 4.79 Å². The Morgan fingerprint density at radius 3 is 2.68 bits per heavy atom. The maximum Gasteiger partial charge on any atom is 0.256 e. The lowest BCUT2D eigenvalue weighted by atomic mass is 9.89. The number of carbonyl (C=O) groups excluding carboxylic acids is 1. The van der Waals surface area contributed by atoms with Gasteiger partial charge in [0.15, 0.2) is 0 Å². The lowest BCUT2D eigenvalue weighted by molar-refractivity contribution is 0.102. The van der Waals surface area contributed by atoms with Crippen LogP contribution in [0.5, 0.6) is 5.75 Å². The molecule has 0 saturated heterocycles. The summed E-state index contributed by atoms with van der Waals surface area (Å²) in [5.41, 5.74) is 4.48. The van der Waals surface area contributed by atoms with Crippen LogP contribution in [-0.2, 0) is 12.8 Å². The number of pyridine rings is 1. The van der Waals surface area contributed by atoms with Gasteiger partial charge in [0.25, 0.3) is 5.91 Å². The largest absolute Gasteiger partial charge is 0.495 e. The van der Waals surface area contributed by atoms with Crippen LogP contribution in [0.4, 0.5) is 5.69 Å². The van der Waals surface area contributed by atoms with E-state index < -0.39 is 0 Å². The summed E-state index contributed by atoms with van der Waals surface area (Å²) >= 11 is 0. The molecule has 0 fully saturated rings. The molecule has 4 heteroatoms. The molecule has 0 bridgehead atoms. The molecule has 25 heavy (non-hydrogen) atoms. The molecule has 1 N–H and O–H groups in total. The molecule has 3 aromatic rings. The van der Waals surface area contributed by atoms with Crippen LogP contribution in [0.2, 0.25) is 0 Å². The van der Waals surface area contributed by atoms with Gasteiger partial charge in [-0.3, -0.25) is 9.78 Å². The summed E-state index contributed by atoms with van der Waals surface area (Å²) in [6, 6.07) is 15.3. The number of aryl methyl sites for hydroxylation is 1. The number of fused-ring (bicyclic) bond motifs is 2. The fraction of sp³-hybridized carbons (Fsp3) is 0.238. The maximum absolute atomic E-state index is 13.2. The van der Waals surface area contributed by atoms with E-state index in [1.165, 1.54) is 0 Å². The summed E-state index contributed by atoms with van der Waals surface area (Å²) in [6.07, 6.45) is 4.07. The van der Waals surface area contributed by atoms with Gasteiger partial charge >= 0.3 is 0 Å². The quantitative estimate of drug-likeness (QED) is 0.774. The molecule has 0 unspecified atom stereocenters. The molecule has 1 amide bonds. The van der Waals surface area contributed by atoms with Gasteiger partial charge in [-0.25, -0.2) is 0 Å². The van der Waals surface area contributed by atoms with Crippen LogP contribution in [0.3, 0.4) is 0 Å². The molecule has 1 aliphatic carbocycles. The smallest absolute Gasteiger partial charge is 0.256 e. The van der Waals surface area contributed by atoms with E-state index in [2.05, 4.69) is 5.32 Å². The van der Waals surface area contributed by atoms with Gasteiger partial charge in [-0.15, -0.1) is 0 Å². The van der Waals surface area contributed by atoms with Crippen LogP contribution in [0.1, 0.15) is 34.5 Å². The van der Waals surface area contributed by atoms with Crippen molar-refractivity contribution < 1.29 is 9.53 Å². The van der Waals surface area contributed by atoms with E-state index in [1.807, 2.05) is 48.5 Å². The molecule has 1 heterocycles. The third-order valence-electron chi connectivity index (χ3n) is 4.75. The monoisotopic (exact) mass is 332 g/mol. The molecule has 0 radical (unpaired) electrons. The Morgan fingerprint density at radius 1 is 1.04 bits per heavy atom. The fourth-order valence-corrected chi connectivity index (χ4v) is 3.56. The number of anilines is 1. The first kappa shape index (κ1) is 15.6. The molecule has 1 aliphatic rings. The molecular weight excluding hydrogens is 312 g/mol. The summed E-state index contributed by atoms with van der Waals surface area (Å²) in [5, 5.41) is 3.94. The number of carbonyl (C=O) groups is 1. The van der Waals surface area contributed by atoms with Crippen molar-refractivity contribution in [3.05, 3.63) is 65.4 Å². The summed E-state index contributed by atoms with van der Waals surface area (Å²) in [5.74, 6) is 0.560. The van der Waals surface area contributed by atoms with E-state index >= 15 is 0 Å². The van der Waals surface area contributed by atoms with Gasteiger partial charge in [0.1, 0.15) is 5.75 Å². The minimum Gasteiger partial charge on any atom is -0.495 e. The van der Waals surface area contributed by atoms with Crippen molar-refractivity contribution in [1.29, 1.82) is 0 Å². The van der Waals surface area contributed by atoms with Crippen molar-refractivity contribution in [3.8, 4) is 5.75 Å². The summed E-state index contributed by atoms with van der Waals surface area (Å²) in [4.78, 5) is 18.0. The Balaban J connectivity index is 1.83. The Kier molecular flexibility index (Phi) is 4.10. The number of methoxy groups -OCH3 is 1. The number of amides is 1. The number of nitrogens with zero attached hydrogens (tertiary/aromatic N) is 1. The minimum absolute atomic E-state index is 0.0961. The first-order valence-corrected chi connectivity index (χ1v) is 8.63. The SMILES string of the molecule is COc1ccccc1NC(=O)c1c2c(nc3ccccc13)CCCC2. The lowest BCUT2D eigenvalue weighted by Crippen LogP contribution is -2.19. The van der Waals surface area contributed by atoms with E-state index in [0.29, 0.717) is 11.4 Å². The second-order valence-electron chi connectivity index (χ2n) is 6.29. The molecule has 4 nitrogen and oxygen atoms in total. The number of ether oxygens (including phenoxy) is 1. The van der Waals surface area contributed by atoms with E-state index in [-0.39, 0.29) is 5.91 Å². The van der Waals surface area contributed by atoms with Crippen molar-refractivity contribution in [2.24, 2.45) is 0 Å². The predicted octanol–water partition coefficient (Wildman–Crippen LogP) is 4.37. The zero-order valence-corrected chi connectivity index (χ0v) is 14.2. The summed E-state index contributed by atoms with van der Waals surface area (Å²) in [6.45, 7) is 0. The predicted molar refractivity (Wildman–Crippen MR) is 99.3 cm³/mol. The molecule has 2 aromatic carbocycles. The van der Waals surface area contributed by atoms with Gasteiger partial charge < -0.3 is 10.1 Å². The number of aromatic nitrogens is 1. The normalized spacial score (nSPS) is 13.3. The van der Waals surface area contributed by atoms with Gasteiger partial charge in [0, 0.05) is 11.1 Å². The zero-order chi connectivity index (χ0) is 17.2. The van der Waals surface area contributed by atoms with Crippen molar-refractivity contribution in [2.45, 2.75) is 25.7 Å². The second-order valence-corrected chi connectivity index (χ2v) is 6.29. The van der Waals surface area contributed by atoms with Crippen LogP contribution in [0.15, 0.2) is 48.5 Å². The van der Waals surface area contributed by atoms with Crippen molar-refractivity contribution in [1.82, 2.24) is 4.98 Å². The molecular formula is C21H20N2O2. The van der Waals surface area contributed by atoms with Gasteiger partial charge in [-0.05, 0) is 49.4 Å². The van der Waals surface area contributed by atoms with Crippen LogP contribution in [0, 0.1) is 0 Å². The van der Waals surface area contributed by atoms with Crippen LogP contribution in [0.25, 0.3) is 10.9 Å². The number of nitrogens with one attached hydrogen (secondary N) is 1. The molecule has 0 atom stereocenters. The topological polar surface area (TPSA) is 51.2 Å². The molecule has 0 spiro atoms. The van der Waals surface area contributed by atoms with Crippen LogP contribution < -0.4 is 10.1 Å². The van der Waals surface area contributed by atoms with E-state index in [0.717, 1.165) is 53.4 Å². The van der Waals surface area contributed by atoms with Gasteiger partial charge in [-0.1, -0.05) is 30.3 Å². The Hall–Kier alpha value is -2.88. The number of para-hydroxylation sites is 3. The summed E-state index contributed by atoms with van der Waals surface area (Å²) < 4.78 is 5.36. The molecule has 1 aromatic heterocycles. The van der Waals surface area contributed by atoms with Crippen molar-refractivity contribution >= 4 is 22.5 Å². The number of hydrogen-bond donors (Lipinski definition) is 1. The highest BCUT2D eigenvalue weighted by molar-refractivity contribution is 6.14. The van der Waals surface area contributed by atoms with Gasteiger partial charge in [0.05, 0.1) is 23.9 Å². The lowest BCUT2D eigenvalue weighted by Gasteiger charge is -2.20.